The topological polar surface area (TPSA) is 102 Å². The van der Waals surface area contributed by atoms with Crippen LogP contribution in [0.4, 0.5) is 0 Å². The predicted octanol–water partition coefficient (Wildman–Crippen LogP) is -0.247. The molecule has 0 radical (unpaired) electrons. The number of rotatable bonds is 4. The van der Waals surface area contributed by atoms with Crippen LogP contribution in [0.2, 0.25) is 5.02 Å². The number of halogens is 1. The molecule has 1 aromatic rings. The fourth-order valence-corrected chi connectivity index (χ4v) is 1.41. The highest BCUT2D eigenvalue weighted by Crippen LogP contribution is 2.05. The van der Waals surface area contributed by atoms with Gasteiger partial charge in [0.05, 0.1) is 10.8 Å². The molecule has 0 aliphatic rings. The third-order valence-corrected chi connectivity index (χ3v) is 2.63. The van der Waals surface area contributed by atoms with Gasteiger partial charge in [-0.05, 0) is 12.1 Å². The molecule has 0 bridgehead atoms. The average Bonchev–Trinajstić information content (AvgIpc) is 2.16. The maximum atomic E-state index is 11.4. The third-order valence-electron chi connectivity index (χ3n) is 1.63. The lowest BCUT2D eigenvalue weighted by molar-refractivity contribution is 0.0951. The summed E-state index contributed by atoms with van der Waals surface area (Å²) in [5.41, 5.74) is 0.166. The van der Waals surface area contributed by atoms with Crippen molar-refractivity contribution in [2.24, 2.45) is 5.14 Å². The second-order valence-electron chi connectivity index (χ2n) is 2.98. The maximum absolute atomic E-state index is 11.4. The number of nitrogens with two attached hydrogens (primary N) is 1. The molecule has 0 fully saturated rings. The Hall–Kier alpha value is -1.18. The first kappa shape index (κ1) is 12.9. The molecule has 0 atom stereocenters. The van der Waals surface area contributed by atoms with Crippen molar-refractivity contribution < 1.29 is 13.2 Å². The molecule has 88 valence electrons. The normalized spacial score (nSPS) is 11.1. The molecule has 0 saturated heterocycles. The Morgan fingerprint density at radius 3 is 2.69 bits per heavy atom. The minimum Gasteiger partial charge on any atom is -0.350 e. The molecule has 1 rings (SSSR count). The zero-order chi connectivity index (χ0) is 12.2. The number of carbonyl (C=O) groups excluding carboxylic acids is 1. The number of sulfonamides is 1. The lowest BCUT2D eigenvalue weighted by Crippen LogP contribution is -2.31. The van der Waals surface area contributed by atoms with Gasteiger partial charge in [-0.25, -0.2) is 18.5 Å². The van der Waals surface area contributed by atoms with Gasteiger partial charge in [0, 0.05) is 12.7 Å². The standard InChI is InChI=1S/C8H10ClN3O3S/c9-6-1-2-7(12-5-6)8(13)11-3-4-16(10,14)15/h1-2,5H,3-4H2,(H,11,13)(H2,10,14,15). The van der Waals surface area contributed by atoms with Crippen LogP contribution in [0.25, 0.3) is 0 Å². The lowest BCUT2D eigenvalue weighted by Gasteiger charge is -2.03. The van der Waals surface area contributed by atoms with Gasteiger partial charge in [0.25, 0.3) is 5.91 Å². The lowest BCUT2D eigenvalue weighted by atomic mass is 10.3. The van der Waals surface area contributed by atoms with Gasteiger partial charge in [-0.2, -0.15) is 0 Å². The second kappa shape index (κ2) is 5.24. The van der Waals surface area contributed by atoms with Gasteiger partial charge in [-0.3, -0.25) is 4.79 Å². The molecule has 16 heavy (non-hydrogen) atoms. The highest BCUT2D eigenvalue weighted by Gasteiger charge is 2.08. The summed E-state index contributed by atoms with van der Waals surface area (Å²) in [7, 11) is -3.56. The first-order valence-corrected chi connectivity index (χ1v) is 6.38. The van der Waals surface area contributed by atoms with Gasteiger partial charge < -0.3 is 5.32 Å². The van der Waals surface area contributed by atoms with E-state index in [1.54, 1.807) is 0 Å². The van der Waals surface area contributed by atoms with Gasteiger partial charge in [0.2, 0.25) is 10.0 Å². The number of hydrogen-bond donors (Lipinski definition) is 2. The van der Waals surface area contributed by atoms with Crippen LogP contribution in [0.5, 0.6) is 0 Å². The van der Waals surface area contributed by atoms with Gasteiger partial charge in [-0.15, -0.1) is 0 Å². The van der Waals surface area contributed by atoms with Crippen LogP contribution in [0.1, 0.15) is 10.5 Å². The summed E-state index contributed by atoms with van der Waals surface area (Å²) in [6.45, 7) is -0.0536. The Kier molecular flexibility index (Phi) is 4.22. The van der Waals surface area contributed by atoms with Crippen molar-refractivity contribution in [3.8, 4) is 0 Å². The Labute approximate surface area is 97.9 Å². The Bertz CT molecular complexity index is 472. The number of nitrogens with one attached hydrogen (secondary N) is 1. The molecule has 3 N–H and O–H groups in total. The fraction of sp³-hybridized carbons (Fsp3) is 0.250. The van der Waals surface area contributed by atoms with Crippen molar-refractivity contribution in [1.82, 2.24) is 10.3 Å². The van der Waals surface area contributed by atoms with Crippen molar-refractivity contribution in [2.75, 3.05) is 12.3 Å². The highest BCUT2D eigenvalue weighted by molar-refractivity contribution is 7.89. The van der Waals surface area contributed by atoms with E-state index in [-0.39, 0.29) is 18.0 Å². The number of hydrogen-bond acceptors (Lipinski definition) is 4. The Morgan fingerprint density at radius 2 is 2.19 bits per heavy atom. The van der Waals surface area contributed by atoms with Gasteiger partial charge in [-0.1, -0.05) is 11.6 Å². The molecule has 0 aliphatic carbocycles. The quantitative estimate of drug-likeness (QED) is 0.782. The predicted molar refractivity (Wildman–Crippen MR) is 59.6 cm³/mol. The van der Waals surface area contributed by atoms with Crippen molar-refractivity contribution in [1.29, 1.82) is 0 Å². The van der Waals surface area contributed by atoms with Crippen molar-refractivity contribution in [3.63, 3.8) is 0 Å². The van der Waals surface area contributed by atoms with Crippen LogP contribution in [0.3, 0.4) is 0 Å². The van der Waals surface area contributed by atoms with Crippen LogP contribution >= 0.6 is 11.6 Å². The Balaban J connectivity index is 2.50. The van der Waals surface area contributed by atoms with E-state index in [1.807, 2.05) is 0 Å². The van der Waals surface area contributed by atoms with Gasteiger partial charge in [0.15, 0.2) is 0 Å². The molecule has 8 heteroatoms. The largest absolute Gasteiger partial charge is 0.350 e. The zero-order valence-corrected chi connectivity index (χ0v) is 9.75. The van der Waals surface area contributed by atoms with Crippen LogP contribution in [-0.4, -0.2) is 31.6 Å². The van der Waals surface area contributed by atoms with E-state index < -0.39 is 15.9 Å². The smallest absolute Gasteiger partial charge is 0.269 e. The molecular weight excluding hydrogens is 254 g/mol. The number of amides is 1. The molecule has 1 amide bonds. The average molecular weight is 264 g/mol. The van der Waals surface area contributed by atoms with Gasteiger partial charge >= 0.3 is 0 Å². The first-order valence-electron chi connectivity index (χ1n) is 4.29. The fourth-order valence-electron chi connectivity index (χ4n) is 0.908. The monoisotopic (exact) mass is 263 g/mol. The van der Waals surface area contributed by atoms with E-state index in [2.05, 4.69) is 10.3 Å². The minimum absolute atomic E-state index is 0.0536. The Morgan fingerprint density at radius 1 is 1.50 bits per heavy atom. The molecule has 0 spiro atoms. The molecule has 0 unspecified atom stereocenters. The molecular formula is C8H10ClN3O3S. The summed E-state index contributed by atoms with van der Waals surface area (Å²) in [5, 5.41) is 7.56. The summed E-state index contributed by atoms with van der Waals surface area (Å²) in [6.07, 6.45) is 1.33. The summed E-state index contributed by atoms with van der Waals surface area (Å²) < 4.78 is 21.2. The zero-order valence-electron chi connectivity index (χ0n) is 8.18. The molecule has 1 heterocycles. The third kappa shape index (κ3) is 4.56. The van der Waals surface area contributed by atoms with E-state index in [4.69, 9.17) is 16.7 Å². The summed E-state index contributed by atoms with van der Waals surface area (Å²) in [6, 6.07) is 2.96. The number of aromatic nitrogens is 1. The van der Waals surface area contributed by atoms with Crippen molar-refractivity contribution in [2.45, 2.75) is 0 Å². The van der Waals surface area contributed by atoms with Crippen LogP contribution in [0, 0.1) is 0 Å². The maximum Gasteiger partial charge on any atom is 0.269 e. The summed E-state index contributed by atoms with van der Waals surface area (Å²) >= 11 is 5.59. The van der Waals surface area contributed by atoms with Crippen LogP contribution < -0.4 is 10.5 Å². The minimum atomic E-state index is -3.56. The molecule has 0 saturated carbocycles. The number of carbonyl (C=O) groups is 1. The first-order chi connectivity index (χ1) is 7.38. The van der Waals surface area contributed by atoms with Crippen LogP contribution in [-0.2, 0) is 10.0 Å². The van der Waals surface area contributed by atoms with E-state index in [0.29, 0.717) is 5.02 Å². The summed E-state index contributed by atoms with van der Waals surface area (Å²) in [5.74, 6) is -0.785. The number of nitrogens with zero attached hydrogens (tertiary/aromatic N) is 1. The summed E-state index contributed by atoms with van der Waals surface area (Å²) in [4.78, 5) is 15.2. The van der Waals surface area contributed by atoms with E-state index in [0.717, 1.165) is 0 Å². The number of primary sulfonamides is 1. The second-order valence-corrected chi connectivity index (χ2v) is 5.15. The van der Waals surface area contributed by atoms with E-state index in [1.165, 1.54) is 18.3 Å². The molecule has 0 aliphatic heterocycles. The van der Waals surface area contributed by atoms with Crippen LogP contribution in [0.15, 0.2) is 18.3 Å². The van der Waals surface area contributed by atoms with E-state index >= 15 is 0 Å². The SMILES string of the molecule is NS(=O)(=O)CCNC(=O)c1ccc(Cl)cn1. The molecule has 0 aromatic carbocycles. The van der Waals surface area contributed by atoms with Crippen molar-refractivity contribution in [3.05, 3.63) is 29.0 Å². The highest BCUT2D eigenvalue weighted by atomic mass is 35.5. The van der Waals surface area contributed by atoms with E-state index in [9.17, 15) is 13.2 Å². The molecule has 6 nitrogen and oxygen atoms in total. The van der Waals surface area contributed by atoms with Gasteiger partial charge in [0.1, 0.15) is 5.69 Å². The molecule has 1 aromatic heterocycles. The number of pyridine rings is 1. The van der Waals surface area contributed by atoms with Crippen molar-refractivity contribution >= 4 is 27.5 Å².